The van der Waals surface area contributed by atoms with Crippen molar-refractivity contribution in [2.24, 2.45) is 22.6 Å². The lowest BCUT2D eigenvalue weighted by Crippen LogP contribution is -2.45. The first-order chi connectivity index (χ1) is 9.56. The van der Waals surface area contributed by atoms with Crippen molar-refractivity contribution < 1.29 is 0 Å². The Morgan fingerprint density at radius 3 is 2.38 bits per heavy atom. The highest BCUT2D eigenvalue weighted by Gasteiger charge is 2.21. The number of likely N-dealkylation sites (tertiary alicyclic amines) is 2. The van der Waals surface area contributed by atoms with Gasteiger partial charge in [-0.15, -0.1) is 24.0 Å². The smallest absolute Gasteiger partial charge is 0.191 e. The Morgan fingerprint density at radius 2 is 1.76 bits per heavy atom. The lowest BCUT2D eigenvalue weighted by atomic mass is 9.99. The number of halogens is 1. The lowest BCUT2D eigenvalue weighted by Gasteiger charge is -2.35. The van der Waals surface area contributed by atoms with E-state index in [9.17, 15) is 0 Å². The standard InChI is InChI=1S/C16H32N4.HI/c1-13-6-4-8-19(11-13)15(3)10-18-16(17)20-9-5-7-14(2)12-20;/h13-15H,4-12H2,1-3H3,(H2,17,18);1H. The molecular formula is C16H33IN4. The number of hydrogen-bond donors (Lipinski definition) is 1. The van der Waals surface area contributed by atoms with E-state index in [0.717, 1.165) is 37.4 Å². The molecule has 0 spiro atoms. The minimum Gasteiger partial charge on any atom is -0.370 e. The molecule has 0 aromatic heterocycles. The van der Waals surface area contributed by atoms with Crippen molar-refractivity contribution in [2.75, 3.05) is 32.7 Å². The summed E-state index contributed by atoms with van der Waals surface area (Å²) in [4.78, 5) is 9.50. The summed E-state index contributed by atoms with van der Waals surface area (Å²) in [7, 11) is 0. The Morgan fingerprint density at radius 1 is 1.14 bits per heavy atom. The SMILES string of the molecule is CC1CCCN(C(N)=NCC(C)N2CCCC(C)C2)C1.I. The van der Waals surface area contributed by atoms with Crippen LogP contribution in [0.15, 0.2) is 4.99 Å². The van der Waals surface area contributed by atoms with E-state index in [0.29, 0.717) is 6.04 Å². The fraction of sp³-hybridized carbons (Fsp3) is 0.938. The van der Waals surface area contributed by atoms with Gasteiger partial charge in [-0.05, 0) is 51.0 Å². The minimum absolute atomic E-state index is 0. The molecular weight excluding hydrogens is 375 g/mol. The van der Waals surface area contributed by atoms with E-state index in [4.69, 9.17) is 5.73 Å². The van der Waals surface area contributed by atoms with Crippen LogP contribution in [0.5, 0.6) is 0 Å². The molecule has 2 saturated heterocycles. The molecule has 2 aliphatic heterocycles. The molecule has 0 aliphatic carbocycles. The largest absolute Gasteiger partial charge is 0.370 e. The second-order valence-corrected chi connectivity index (χ2v) is 6.98. The molecule has 2 rings (SSSR count). The van der Waals surface area contributed by atoms with Gasteiger partial charge >= 0.3 is 0 Å². The van der Waals surface area contributed by atoms with Gasteiger partial charge in [-0.25, -0.2) is 0 Å². The Hall–Kier alpha value is -0.0400. The van der Waals surface area contributed by atoms with Gasteiger partial charge in [0.25, 0.3) is 0 Å². The zero-order chi connectivity index (χ0) is 14.5. The molecule has 124 valence electrons. The zero-order valence-electron chi connectivity index (χ0n) is 13.9. The quantitative estimate of drug-likeness (QED) is 0.444. The molecule has 0 saturated carbocycles. The Kier molecular flexibility index (Phi) is 8.31. The third kappa shape index (κ3) is 5.93. The molecule has 2 aliphatic rings. The summed E-state index contributed by atoms with van der Waals surface area (Å²) in [6.07, 6.45) is 5.27. The van der Waals surface area contributed by atoms with Gasteiger partial charge in [0.2, 0.25) is 0 Å². The van der Waals surface area contributed by atoms with Gasteiger partial charge in [0.1, 0.15) is 0 Å². The molecule has 5 heteroatoms. The molecule has 0 bridgehead atoms. The second-order valence-electron chi connectivity index (χ2n) is 6.98. The van der Waals surface area contributed by atoms with E-state index >= 15 is 0 Å². The van der Waals surface area contributed by atoms with Gasteiger partial charge < -0.3 is 10.6 Å². The maximum atomic E-state index is 6.17. The normalized spacial score (nSPS) is 29.9. The number of nitrogens with zero attached hydrogens (tertiary/aromatic N) is 3. The summed E-state index contributed by atoms with van der Waals surface area (Å²) in [5.74, 6) is 2.33. The third-order valence-electron chi connectivity index (χ3n) is 4.81. The van der Waals surface area contributed by atoms with Gasteiger partial charge in [-0.1, -0.05) is 13.8 Å². The van der Waals surface area contributed by atoms with E-state index in [1.54, 1.807) is 0 Å². The number of hydrogen-bond acceptors (Lipinski definition) is 2. The highest BCUT2D eigenvalue weighted by Crippen LogP contribution is 2.18. The molecule has 3 unspecified atom stereocenters. The third-order valence-corrected chi connectivity index (χ3v) is 4.81. The van der Waals surface area contributed by atoms with Crippen LogP contribution in [0.2, 0.25) is 0 Å². The highest BCUT2D eigenvalue weighted by molar-refractivity contribution is 14.0. The molecule has 0 aromatic rings. The number of piperidine rings is 2. The number of guanidine groups is 1. The van der Waals surface area contributed by atoms with Crippen molar-refractivity contribution in [3.63, 3.8) is 0 Å². The molecule has 0 amide bonds. The average Bonchev–Trinajstić information content (AvgIpc) is 2.44. The zero-order valence-corrected chi connectivity index (χ0v) is 16.3. The summed E-state index contributed by atoms with van der Waals surface area (Å²) in [5.41, 5.74) is 6.17. The van der Waals surface area contributed by atoms with Crippen molar-refractivity contribution in [1.82, 2.24) is 9.80 Å². The van der Waals surface area contributed by atoms with Gasteiger partial charge in [-0.2, -0.15) is 0 Å². The van der Waals surface area contributed by atoms with Gasteiger partial charge in [-0.3, -0.25) is 9.89 Å². The molecule has 3 atom stereocenters. The van der Waals surface area contributed by atoms with Crippen molar-refractivity contribution in [3.05, 3.63) is 0 Å². The first-order valence-electron chi connectivity index (χ1n) is 8.35. The molecule has 2 fully saturated rings. The van der Waals surface area contributed by atoms with Crippen LogP contribution in [0.3, 0.4) is 0 Å². The van der Waals surface area contributed by atoms with Gasteiger partial charge in [0.15, 0.2) is 5.96 Å². The molecule has 2 N–H and O–H groups in total. The van der Waals surface area contributed by atoms with E-state index in [2.05, 4.69) is 35.6 Å². The Bertz CT molecular complexity index is 334. The van der Waals surface area contributed by atoms with Crippen LogP contribution < -0.4 is 5.73 Å². The molecule has 0 aromatic carbocycles. The summed E-state index contributed by atoms with van der Waals surface area (Å²) in [5, 5.41) is 0. The minimum atomic E-state index is 0. The summed E-state index contributed by atoms with van der Waals surface area (Å²) in [6.45, 7) is 12.4. The topological polar surface area (TPSA) is 44.9 Å². The van der Waals surface area contributed by atoms with E-state index in [1.165, 1.54) is 38.8 Å². The maximum absolute atomic E-state index is 6.17. The van der Waals surface area contributed by atoms with Crippen molar-refractivity contribution in [2.45, 2.75) is 52.5 Å². The Balaban J connectivity index is 0.00000220. The van der Waals surface area contributed by atoms with Gasteiger partial charge in [0.05, 0.1) is 6.54 Å². The second kappa shape index (κ2) is 9.18. The van der Waals surface area contributed by atoms with Crippen LogP contribution in [0.25, 0.3) is 0 Å². The average molecular weight is 408 g/mol. The molecule has 4 nitrogen and oxygen atoms in total. The van der Waals surface area contributed by atoms with Gasteiger partial charge in [0, 0.05) is 25.7 Å². The van der Waals surface area contributed by atoms with Crippen LogP contribution in [-0.2, 0) is 0 Å². The number of aliphatic imine (C=N–C) groups is 1. The maximum Gasteiger partial charge on any atom is 0.191 e. The monoisotopic (exact) mass is 408 g/mol. The Labute approximate surface area is 147 Å². The van der Waals surface area contributed by atoms with E-state index in [-0.39, 0.29) is 24.0 Å². The van der Waals surface area contributed by atoms with Crippen LogP contribution in [0, 0.1) is 11.8 Å². The fourth-order valence-corrected chi connectivity index (χ4v) is 3.46. The van der Waals surface area contributed by atoms with Crippen LogP contribution >= 0.6 is 24.0 Å². The summed E-state index contributed by atoms with van der Waals surface area (Å²) < 4.78 is 0. The predicted octanol–water partition coefficient (Wildman–Crippen LogP) is 2.77. The first-order valence-corrected chi connectivity index (χ1v) is 8.35. The van der Waals surface area contributed by atoms with Crippen LogP contribution in [0.4, 0.5) is 0 Å². The van der Waals surface area contributed by atoms with Crippen molar-refractivity contribution >= 4 is 29.9 Å². The van der Waals surface area contributed by atoms with Crippen molar-refractivity contribution in [3.8, 4) is 0 Å². The lowest BCUT2D eigenvalue weighted by molar-refractivity contribution is 0.142. The molecule has 21 heavy (non-hydrogen) atoms. The number of nitrogens with two attached hydrogens (primary N) is 1. The fourth-order valence-electron chi connectivity index (χ4n) is 3.46. The summed E-state index contributed by atoms with van der Waals surface area (Å²) in [6, 6.07) is 0.513. The van der Waals surface area contributed by atoms with Crippen molar-refractivity contribution in [1.29, 1.82) is 0 Å². The van der Waals surface area contributed by atoms with E-state index < -0.39 is 0 Å². The number of rotatable bonds is 3. The van der Waals surface area contributed by atoms with Crippen LogP contribution in [-0.4, -0.2) is 54.5 Å². The first kappa shape index (κ1) is 19.0. The molecule has 2 heterocycles. The predicted molar refractivity (Wildman–Crippen MR) is 101 cm³/mol. The molecule has 0 radical (unpaired) electrons. The highest BCUT2D eigenvalue weighted by atomic mass is 127. The van der Waals surface area contributed by atoms with E-state index in [1.807, 2.05) is 0 Å². The summed E-state index contributed by atoms with van der Waals surface area (Å²) >= 11 is 0. The van der Waals surface area contributed by atoms with Crippen LogP contribution in [0.1, 0.15) is 46.5 Å².